The Morgan fingerprint density at radius 3 is 2.05 bits per heavy atom. The number of rotatable bonds is 11. The van der Waals surface area contributed by atoms with E-state index >= 15 is 0 Å². The third-order valence-electron chi connectivity index (χ3n) is 3.07. The van der Waals surface area contributed by atoms with Gasteiger partial charge >= 0.3 is 35.5 Å². The van der Waals surface area contributed by atoms with E-state index in [1.54, 1.807) is 0 Å². The molecule has 0 saturated heterocycles. The van der Waals surface area contributed by atoms with Gasteiger partial charge in [0.25, 0.3) is 0 Å². The van der Waals surface area contributed by atoms with Gasteiger partial charge in [-0.1, -0.05) is 45.4 Å². The van der Waals surface area contributed by atoms with Crippen molar-refractivity contribution in [3.05, 3.63) is 0 Å². The van der Waals surface area contributed by atoms with Crippen LogP contribution in [0.1, 0.15) is 66.6 Å². The Labute approximate surface area is 145 Å². The topological polar surface area (TPSA) is 86.6 Å². The fourth-order valence-corrected chi connectivity index (χ4v) is 1.88. The fraction of sp³-hybridized carbons (Fsp3) is 0.857. The molecule has 0 saturated carbocycles. The minimum absolute atomic E-state index is 0. The fourth-order valence-electron chi connectivity index (χ4n) is 1.88. The van der Waals surface area contributed by atoms with Gasteiger partial charge in [-0.2, -0.15) is 0 Å². The molecule has 0 heterocycles. The van der Waals surface area contributed by atoms with Crippen LogP contribution in [0, 0.1) is 0 Å². The zero-order valence-electron chi connectivity index (χ0n) is 14.0. The van der Waals surface area contributed by atoms with Crippen LogP contribution in [0.4, 0.5) is 0 Å². The Balaban J connectivity index is -0.00000162. The average Bonchev–Trinajstić information content (AvgIpc) is 2.34. The van der Waals surface area contributed by atoms with Gasteiger partial charge < -0.3 is 17.0 Å². The van der Waals surface area contributed by atoms with E-state index in [2.05, 4.69) is 12.2 Å². The number of carboxylic acids is 1. The Morgan fingerprint density at radius 1 is 1.10 bits per heavy atom. The molecule has 0 aliphatic rings. The maximum Gasteiger partial charge on any atom is 1.00 e. The van der Waals surface area contributed by atoms with Crippen molar-refractivity contribution in [1.82, 2.24) is 5.32 Å². The minimum Gasteiger partial charge on any atom is -1.00 e. The number of aliphatic hydroxyl groups excluding tert-OH is 1. The molecule has 0 unspecified atom stereocenters. The van der Waals surface area contributed by atoms with Crippen LogP contribution < -0.4 is 34.9 Å². The molecule has 0 spiro atoms. The second-order valence-electron chi connectivity index (χ2n) is 5.00. The van der Waals surface area contributed by atoms with E-state index in [9.17, 15) is 14.7 Å². The van der Waals surface area contributed by atoms with Gasteiger partial charge in [0.15, 0.2) is 6.04 Å². The average molecular weight is 297 g/mol. The smallest absolute Gasteiger partial charge is 1.00 e. The Hall–Kier alpha value is -0.100. The van der Waals surface area contributed by atoms with Crippen LogP contribution in [0.2, 0.25) is 0 Å². The summed E-state index contributed by atoms with van der Waals surface area (Å²) >= 11 is 0. The first-order chi connectivity index (χ1) is 8.99. The van der Waals surface area contributed by atoms with Crippen molar-refractivity contribution >= 4 is 11.9 Å². The van der Waals surface area contributed by atoms with E-state index in [-0.39, 0.29) is 36.9 Å². The molecule has 114 valence electrons. The van der Waals surface area contributed by atoms with E-state index in [0.29, 0.717) is 6.42 Å². The summed E-state index contributed by atoms with van der Waals surface area (Å²) in [5.74, 6) is -1.51. The molecule has 0 aliphatic carbocycles. The molecular formula is C14H28NNaO4. The molecule has 20 heavy (non-hydrogen) atoms. The van der Waals surface area contributed by atoms with Gasteiger partial charge in [-0.15, -0.1) is 0 Å². The zero-order valence-corrected chi connectivity index (χ0v) is 15.0. The van der Waals surface area contributed by atoms with Crippen LogP contribution in [0.15, 0.2) is 0 Å². The first-order valence-corrected chi connectivity index (χ1v) is 7.19. The number of amides is 1. The summed E-state index contributed by atoms with van der Waals surface area (Å²) in [4.78, 5) is 22.3. The molecule has 2 atom stereocenters. The number of nitrogens with one attached hydrogen (secondary N) is 1. The van der Waals surface area contributed by atoms with Crippen LogP contribution in [0.3, 0.4) is 0 Å². The van der Waals surface area contributed by atoms with Gasteiger partial charge in [-0.3, -0.25) is 4.79 Å². The summed E-state index contributed by atoms with van der Waals surface area (Å²) in [5.41, 5.74) is 0. The minimum atomic E-state index is -1.21. The SMILES string of the molecule is CCCCCCCCCC(=O)N[C@H](C(=O)O)[C@@H](C)O.[H-].[Na+]. The summed E-state index contributed by atoms with van der Waals surface area (Å²) in [6.07, 6.45) is 7.03. The van der Waals surface area contributed by atoms with Gasteiger partial charge in [0.1, 0.15) is 0 Å². The maximum atomic E-state index is 11.5. The van der Waals surface area contributed by atoms with Crippen LogP contribution in [-0.4, -0.2) is 34.2 Å². The van der Waals surface area contributed by atoms with Gasteiger partial charge in [-0.25, -0.2) is 4.79 Å². The number of unbranched alkanes of at least 4 members (excludes halogenated alkanes) is 6. The molecule has 0 bridgehead atoms. The molecule has 6 heteroatoms. The molecule has 3 N–H and O–H groups in total. The number of aliphatic hydroxyl groups is 1. The standard InChI is InChI=1S/C14H27NO4.Na.H/c1-3-4-5-6-7-8-9-10-12(17)15-13(11(2)16)14(18)19;;/h11,13,16H,3-10H2,1-2H3,(H,15,17)(H,18,19);;/q;+1;-1/t11-,13+;;/m1../s1. The first-order valence-electron chi connectivity index (χ1n) is 7.19. The Kier molecular flexibility index (Phi) is 15.4. The van der Waals surface area contributed by atoms with E-state index in [0.717, 1.165) is 19.3 Å². The second-order valence-corrected chi connectivity index (χ2v) is 5.00. The summed E-state index contributed by atoms with van der Waals surface area (Å²) in [6.45, 7) is 3.53. The Morgan fingerprint density at radius 2 is 1.60 bits per heavy atom. The molecule has 0 aliphatic heterocycles. The largest absolute Gasteiger partial charge is 1.00 e. The molecule has 0 radical (unpaired) electrons. The third-order valence-corrected chi connectivity index (χ3v) is 3.07. The van der Waals surface area contributed by atoms with Gasteiger partial charge in [0, 0.05) is 6.42 Å². The van der Waals surface area contributed by atoms with Gasteiger partial charge in [0.2, 0.25) is 5.91 Å². The predicted octanol–water partition coefficient (Wildman–Crippen LogP) is -0.806. The number of carboxylic acid groups (broad SMARTS) is 1. The van der Waals surface area contributed by atoms with Crippen molar-refractivity contribution < 1.29 is 50.8 Å². The third kappa shape index (κ3) is 11.7. The zero-order chi connectivity index (χ0) is 14.7. The van der Waals surface area contributed by atoms with Crippen molar-refractivity contribution in [1.29, 1.82) is 0 Å². The van der Waals surface area contributed by atoms with E-state index in [4.69, 9.17) is 5.11 Å². The van der Waals surface area contributed by atoms with Crippen molar-refractivity contribution in [2.24, 2.45) is 0 Å². The summed E-state index contributed by atoms with van der Waals surface area (Å²) < 4.78 is 0. The number of carbonyl (C=O) groups excluding carboxylic acids is 1. The summed E-state index contributed by atoms with van der Waals surface area (Å²) in [6, 6.07) is -1.21. The second kappa shape index (κ2) is 13.9. The first kappa shape index (κ1) is 22.2. The van der Waals surface area contributed by atoms with Gasteiger partial charge in [-0.05, 0) is 13.3 Å². The van der Waals surface area contributed by atoms with E-state index < -0.39 is 18.1 Å². The van der Waals surface area contributed by atoms with Crippen LogP contribution in [0.5, 0.6) is 0 Å². The van der Waals surface area contributed by atoms with Crippen molar-refractivity contribution in [3.8, 4) is 0 Å². The molecule has 0 aromatic rings. The number of hydrogen-bond donors (Lipinski definition) is 3. The number of aliphatic carboxylic acids is 1. The quantitative estimate of drug-likeness (QED) is 0.344. The molecule has 0 rings (SSSR count). The summed E-state index contributed by atoms with van der Waals surface area (Å²) in [7, 11) is 0. The van der Waals surface area contributed by atoms with Crippen LogP contribution in [0.25, 0.3) is 0 Å². The van der Waals surface area contributed by atoms with Crippen LogP contribution in [-0.2, 0) is 9.59 Å². The Bertz CT molecular complexity index is 278. The van der Waals surface area contributed by atoms with Crippen LogP contribution >= 0.6 is 0 Å². The molecule has 5 nitrogen and oxygen atoms in total. The number of carbonyl (C=O) groups is 2. The molecular weight excluding hydrogens is 269 g/mol. The van der Waals surface area contributed by atoms with E-state index in [1.165, 1.54) is 32.6 Å². The van der Waals surface area contributed by atoms with E-state index in [1.807, 2.05) is 0 Å². The van der Waals surface area contributed by atoms with Crippen molar-refractivity contribution in [2.45, 2.75) is 77.4 Å². The maximum absolute atomic E-state index is 11.5. The van der Waals surface area contributed by atoms with Crippen molar-refractivity contribution in [3.63, 3.8) is 0 Å². The monoisotopic (exact) mass is 297 g/mol. The van der Waals surface area contributed by atoms with Crippen molar-refractivity contribution in [2.75, 3.05) is 0 Å². The van der Waals surface area contributed by atoms with Gasteiger partial charge in [0.05, 0.1) is 6.10 Å². The number of hydrogen-bond acceptors (Lipinski definition) is 3. The summed E-state index contributed by atoms with van der Waals surface area (Å²) in [5, 5.41) is 20.4. The molecule has 0 aromatic heterocycles. The molecule has 1 amide bonds. The molecule has 0 fully saturated rings. The molecule has 0 aromatic carbocycles. The predicted molar refractivity (Wildman–Crippen MR) is 75.0 cm³/mol. The normalized spacial score (nSPS) is 13.2.